The van der Waals surface area contributed by atoms with E-state index in [0.717, 1.165) is 19.5 Å². The second-order valence-corrected chi connectivity index (χ2v) is 2.62. The molecule has 0 aromatic carbocycles. The average molecular weight is 114 g/mol. The molecule has 2 atom stereocenters. The summed E-state index contributed by atoms with van der Waals surface area (Å²) in [7, 11) is 0. The number of rotatable bonds is 0. The Morgan fingerprint density at radius 1 is 1.62 bits per heavy atom. The summed E-state index contributed by atoms with van der Waals surface area (Å²) in [6, 6.07) is 0.991. The van der Waals surface area contributed by atoms with Crippen LogP contribution < -0.4 is 5.32 Å². The molecule has 0 saturated carbocycles. The minimum atomic E-state index is 0.417. The van der Waals surface area contributed by atoms with Crippen LogP contribution in [0.4, 0.5) is 0 Å². The van der Waals surface area contributed by atoms with Crippen molar-refractivity contribution in [2.75, 3.05) is 13.1 Å². The van der Waals surface area contributed by atoms with Gasteiger partial charge in [0.05, 0.1) is 0 Å². The molecule has 0 aromatic heterocycles. The Labute approximate surface area is 48.2 Å². The van der Waals surface area contributed by atoms with E-state index in [4.69, 9.17) is 5.21 Å². The van der Waals surface area contributed by atoms with Gasteiger partial charge in [-0.2, -0.15) is 5.06 Å². The lowest BCUT2D eigenvalue weighted by atomic mass is 10.2. The van der Waals surface area contributed by atoms with Crippen LogP contribution in [0.5, 0.6) is 0 Å². The first-order chi connectivity index (χ1) is 3.86. The van der Waals surface area contributed by atoms with Crippen LogP contribution in [0.2, 0.25) is 0 Å². The maximum absolute atomic E-state index is 9.01. The van der Waals surface area contributed by atoms with E-state index in [1.807, 2.05) is 0 Å². The van der Waals surface area contributed by atoms with E-state index in [2.05, 4.69) is 5.32 Å². The summed E-state index contributed by atoms with van der Waals surface area (Å²) in [5, 5.41) is 13.7. The van der Waals surface area contributed by atoms with Crippen molar-refractivity contribution in [3.8, 4) is 0 Å². The van der Waals surface area contributed by atoms with Gasteiger partial charge in [-0.25, -0.2) is 0 Å². The second kappa shape index (κ2) is 1.43. The Balaban J connectivity index is 2.11. The smallest absolute Gasteiger partial charge is 0.0490 e. The summed E-state index contributed by atoms with van der Waals surface area (Å²) in [5.74, 6) is 0. The van der Waals surface area contributed by atoms with Crippen LogP contribution in [0.1, 0.15) is 6.42 Å². The zero-order valence-corrected chi connectivity index (χ0v) is 4.67. The van der Waals surface area contributed by atoms with Crippen LogP contribution in [-0.4, -0.2) is 35.4 Å². The van der Waals surface area contributed by atoms with Crippen LogP contribution >= 0.6 is 0 Å². The van der Waals surface area contributed by atoms with E-state index < -0.39 is 0 Å². The molecule has 2 rings (SSSR count). The fourth-order valence-electron chi connectivity index (χ4n) is 1.54. The first-order valence-corrected chi connectivity index (χ1v) is 3.05. The van der Waals surface area contributed by atoms with E-state index in [1.165, 1.54) is 5.06 Å². The molecule has 2 unspecified atom stereocenters. The standard InChI is InChI=1S/C5H10N2O/c8-7-3-4-1-5(7)2-6-4/h4-6,8H,1-3H2. The lowest BCUT2D eigenvalue weighted by Gasteiger charge is -2.19. The summed E-state index contributed by atoms with van der Waals surface area (Å²) in [5.41, 5.74) is 0. The third kappa shape index (κ3) is 0.491. The second-order valence-electron chi connectivity index (χ2n) is 2.62. The van der Waals surface area contributed by atoms with Crippen molar-refractivity contribution < 1.29 is 5.21 Å². The average Bonchev–Trinajstić information content (AvgIpc) is 2.23. The molecule has 2 saturated heterocycles. The first kappa shape index (κ1) is 4.73. The number of piperazine rings is 1. The van der Waals surface area contributed by atoms with Gasteiger partial charge in [0.25, 0.3) is 0 Å². The highest BCUT2D eigenvalue weighted by atomic mass is 16.5. The maximum atomic E-state index is 9.01. The van der Waals surface area contributed by atoms with Gasteiger partial charge in [0.2, 0.25) is 0 Å². The topological polar surface area (TPSA) is 35.5 Å². The predicted octanol–water partition coefficient (Wildman–Crippen LogP) is -0.578. The summed E-state index contributed by atoms with van der Waals surface area (Å²) in [6.45, 7) is 1.80. The van der Waals surface area contributed by atoms with Gasteiger partial charge in [0, 0.05) is 25.2 Å². The highest BCUT2D eigenvalue weighted by Crippen LogP contribution is 2.20. The van der Waals surface area contributed by atoms with Crippen molar-refractivity contribution >= 4 is 0 Å². The Morgan fingerprint density at radius 2 is 2.50 bits per heavy atom. The molecule has 0 amide bonds. The molecule has 8 heavy (non-hydrogen) atoms. The molecular formula is C5H10N2O. The summed E-state index contributed by atoms with van der Waals surface area (Å²) >= 11 is 0. The Morgan fingerprint density at radius 3 is 2.75 bits per heavy atom. The van der Waals surface area contributed by atoms with Crippen LogP contribution in [0.25, 0.3) is 0 Å². The third-order valence-corrected chi connectivity index (χ3v) is 2.03. The van der Waals surface area contributed by atoms with E-state index >= 15 is 0 Å². The minimum absolute atomic E-state index is 0.417. The van der Waals surface area contributed by atoms with Crippen LogP contribution in [-0.2, 0) is 0 Å². The predicted molar refractivity (Wildman–Crippen MR) is 28.7 cm³/mol. The maximum Gasteiger partial charge on any atom is 0.0490 e. The van der Waals surface area contributed by atoms with Gasteiger partial charge >= 0.3 is 0 Å². The first-order valence-electron chi connectivity index (χ1n) is 3.05. The monoisotopic (exact) mass is 114 g/mol. The van der Waals surface area contributed by atoms with Gasteiger partial charge in [-0.1, -0.05) is 0 Å². The summed E-state index contributed by atoms with van der Waals surface area (Å²) in [6.07, 6.45) is 1.14. The fraction of sp³-hybridized carbons (Fsp3) is 1.00. The minimum Gasteiger partial charge on any atom is -0.314 e. The number of hydrogen-bond donors (Lipinski definition) is 2. The Hall–Kier alpha value is -0.120. The number of nitrogens with zero attached hydrogens (tertiary/aromatic N) is 1. The number of hydrogen-bond acceptors (Lipinski definition) is 3. The van der Waals surface area contributed by atoms with Crippen molar-refractivity contribution in [3.05, 3.63) is 0 Å². The van der Waals surface area contributed by atoms with Crippen molar-refractivity contribution in [2.24, 2.45) is 0 Å². The molecule has 46 valence electrons. The molecule has 3 heteroatoms. The fourth-order valence-corrected chi connectivity index (χ4v) is 1.54. The van der Waals surface area contributed by atoms with Gasteiger partial charge < -0.3 is 10.5 Å². The molecule has 2 fully saturated rings. The van der Waals surface area contributed by atoms with E-state index in [1.54, 1.807) is 0 Å². The highest BCUT2D eigenvalue weighted by Gasteiger charge is 2.36. The lowest BCUT2D eigenvalue weighted by Crippen LogP contribution is -2.41. The summed E-state index contributed by atoms with van der Waals surface area (Å²) < 4.78 is 0. The van der Waals surface area contributed by atoms with E-state index in [0.29, 0.717) is 12.1 Å². The molecule has 0 spiro atoms. The Kier molecular flexibility index (Phi) is 0.848. The van der Waals surface area contributed by atoms with E-state index in [9.17, 15) is 0 Å². The van der Waals surface area contributed by atoms with Crippen molar-refractivity contribution in [2.45, 2.75) is 18.5 Å². The number of hydroxylamine groups is 2. The quantitative estimate of drug-likeness (QED) is 0.442. The van der Waals surface area contributed by atoms with Gasteiger partial charge in [-0.05, 0) is 6.42 Å². The van der Waals surface area contributed by atoms with Gasteiger partial charge in [-0.3, -0.25) is 0 Å². The number of fused-ring (bicyclic) bond motifs is 2. The van der Waals surface area contributed by atoms with Crippen molar-refractivity contribution in [1.29, 1.82) is 0 Å². The van der Waals surface area contributed by atoms with E-state index in [-0.39, 0.29) is 0 Å². The van der Waals surface area contributed by atoms with Gasteiger partial charge in [0.15, 0.2) is 0 Å². The molecule has 0 aliphatic carbocycles. The van der Waals surface area contributed by atoms with Crippen molar-refractivity contribution in [3.63, 3.8) is 0 Å². The van der Waals surface area contributed by atoms with Crippen LogP contribution in [0.15, 0.2) is 0 Å². The summed E-state index contributed by atoms with van der Waals surface area (Å²) in [4.78, 5) is 0. The molecule has 2 aliphatic rings. The zero-order chi connectivity index (χ0) is 5.56. The Bertz CT molecular complexity index is 105. The molecule has 3 nitrogen and oxygen atoms in total. The van der Waals surface area contributed by atoms with Gasteiger partial charge in [0.1, 0.15) is 0 Å². The largest absolute Gasteiger partial charge is 0.314 e. The number of nitrogens with one attached hydrogen (secondary N) is 1. The van der Waals surface area contributed by atoms with Crippen LogP contribution in [0.3, 0.4) is 0 Å². The third-order valence-electron chi connectivity index (χ3n) is 2.03. The van der Waals surface area contributed by atoms with Crippen molar-refractivity contribution in [1.82, 2.24) is 10.4 Å². The molecule has 0 aromatic rings. The lowest BCUT2D eigenvalue weighted by molar-refractivity contribution is -0.109. The molecule has 2 bridgehead atoms. The normalized spacial score (nSPS) is 46.1. The molecular weight excluding hydrogens is 104 g/mol. The molecule has 2 heterocycles. The van der Waals surface area contributed by atoms with Gasteiger partial charge in [-0.15, -0.1) is 0 Å². The zero-order valence-electron chi connectivity index (χ0n) is 4.67. The van der Waals surface area contributed by atoms with Crippen LogP contribution in [0, 0.1) is 0 Å². The molecule has 2 aliphatic heterocycles. The molecule has 2 N–H and O–H groups in total. The highest BCUT2D eigenvalue weighted by molar-refractivity contribution is 4.93. The molecule has 0 radical (unpaired) electrons. The SMILES string of the molecule is ON1CC2CC1CN2.